The van der Waals surface area contributed by atoms with Gasteiger partial charge in [-0.05, 0) is 33.4 Å². The van der Waals surface area contributed by atoms with Gasteiger partial charge in [-0.3, -0.25) is 4.90 Å². The third-order valence-electron chi connectivity index (χ3n) is 3.72. The molecule has 1 aromatic carbocycles. The first kappa shape index (κ1) is 20.7. The van der Waals surface area contributed by atoms with E-state index in [1.54, 1.807) is 23.5 Å². The van der Waals surface area contributed by atoms with Crippen LogP contribution >= 0.6 is 52.1 Å². The van der Waals surface area contributed by atoms with Crippen LogP contribution in [0.25, 0.3) is 0 Å². The van der Waals surface area contributed by atoms with E-state index >= 15 is 0 Å². The predicted molar refractivity (Wildman–Crippen MR) is 101 cm³/mol. The standard InChI is InChI=1S/C15H16BrFN2OS.2ClH/c16-11-4-3-10(15(20)13(11)17)14(12-2-1-9-21-12)19-7-5-18-6-8-19;;/h1-4,9,14,18,20H,5-8H2;2*1H/t14-;;/m0../s1. The van der Waals surface area contributed by atoms with E-state index in [4.69, 9.17) is 0 Å². The van der Waals surface area contributed by atoms with Crippen LogP contribution in [0.1, 0.15) is 16.5 Å². The maximum Gasteiger partial charge on any atom is 0.179 e. The SMILES string of the molecule is Cl.Cl.Oc1c([C@@H](c2cccs2)N2CCNCC2)ccc(Br)c1F. The summed E-state index contributed by atoms with van der Waals surface area (Å²) in [5.41, 5.74) is 0.625. The lowest BCUT2D eigenvalue weighted by Gasteiger charge is -2.35. The van der Waals surface area contributed by atoms with Crippen molar-refractivity contribution in [3.05, 3.63) is 50.4 Å². The monoisotopic (exact) mass is 442 g/mol. The van der Waals surface area contributed by atoms with E-state index < -0.39 is 5.82 Å². The summed E-state index contributed by atoms with van der Waals surface area (Å²) < 4.78 is 14.3. The van der Waals surface area contributed by atoms with Crippen LogP contribution in [0.4, 0.5) is 4.39 Å². The second-order valence-electron chi connectivity index (χ2n) is 5.00. The fraction of sp³-hybridized carbons (Fsp3) is 0.333. The minimum Gasteiger partial charge on any atom is -0.505 e. The minimum absolute atomic E-state index is 0. The van der Waals surface area contributed by atoms with Gasteiger partial charge in [-0.15, -0.1) is 36.2 Å². The molecule has 3 nitrogen and oxygen atoms in total. The third-order valence-corrected chi connectivity index (χ3v) is 5.26. The fourth-order valence-corrected chi connectivity index (χ4v) is 3.89. The van der Waals surface area contributed by atoms with E-state index in [9.17, 15) is 9.50 Å². The quantitative estimate of drug-likeness (QED) is 0.746. The first-order valence-corrected chi connectivity index (χ1v) is 8.51. The fourth-order valence-electron chi connectivity index (χ4n) is 2.69. The van der Waals surface area contributed by atoms with Crippen LogP contribution in [-0.4, -0.2) is 36.2 Å². The molecule has 3 rings (SSSR count). The van der Waals surface area contributed by atoms with Crippen molar-refractivity contribution in [1.29, 1.82) is 0 Å². The van der Waals surface area contributed by atoms with Crippen LogP contribution in [0.3, 0.4) is 0 Å². The lowest BCUT2D eigenvalue weighted by molar-refractivity contribution is 0.197. The summed E-state index contributed by atoms with van der Waals surface area (Å²) >= 11 is 4.75. The van der Waals surface area contributed by atoms with Gasteiger partial charge in [0.25, 0.3) is 0 Å². The number of nitrogens with one attached hydrogen (secondary N) is 1. The van der Waals surface area contributed by atoms with Crippen molar-refractivity contribution >= 4 is 52.1 Å². The molecule has 0 saturated carbocycles. The lowest BCUT2D eigenvalue weighted by atomic mass is 10.0. The van der Waals surface area contributed by atoms with Crippen LogP contribution in [0.2, 0.25) is 0 Å². The maximum absolute atomic E-state index is 14.0. The van der Waals surface area contributed by atoms with Crippen LogP contribution in [-0.2, 0) is 0 Å². The van der Waals surface area contributed by atoms with Crippen molar-refractivity contribution in [1.82, 2.24) is 10.2 Å². The average molecular weight is 444 g/mol. The Hall–Kier alpha value is -0.370. The van der Waals surface area contributed by atoms with Crippen LogP contribution < -0.4 is 5.32 Å². The van der Waals surface area contributed by atoms with Gasteiger partial charge in [-0.1, -0.05) is 12.1 Å². The van der Waals surface area contributed by atoms with E-state index in [1.807, 2.05) is 17.5 Å². The number of phenols is 1. The summed E-state index contributed by atoms with van der Waals surface area (Å²) in [6, 6.07) is 7.38. The van der Waals surface area contributed by atoms with Gasteiger partial charge in [0.05, 0.1) is 10.5 Å². The Balaban J connectivity index is 0.00000132. The Kier molecular flexibility index (Phi) is 8.27. The highest BCUT2D eigenvalue weighted by Crippen LogP contribution is 2.39. The smallest absolute Gasteiger partial charge is 0.179 e. The number of thiophene rings is 1. The molecule has 0 aliphatic carbocycles. The zero-order valence-electron chi connectivity index (χ0n) is 12.2. The molecule has 0 spiro atoms. The Morgan fingerprint density at radius 3 is 2.52 bits per heavy atom. The maximum atomic E-state index is 14.0. The summed E-state index contributed by atoms with van der Waals surface area (Å²) in [6.07, 6.45) is 0. The first-order valence-electron chi connectivity index (χ1n) is 6.83. The molecule has 128 valence electrons. The van der Waals surface area contributed by atoms with Gasteiger partial charge in [-0.25, -0.2) is 4.39 Å². The molecule has 0 unspecified atom stereocenters. The number of phenolic OH excluding ortho intramolecular Hbond substituents is 1. The highest BCUT2D eigenvalue weighted by atomic mass is 79.9. The molecular weight excluding hydrogens is 426 g/mol. The number of rotatable bonds is 3. The Morgan fingerprint density at radius 1 is 1.22 bits per heavy atom. The number of halogens is 4. The Labute approximate surface area is 159 Å². The molecule has 8 heteroatoms. The number of nitrogens with zero attached hydrogens (tertiary/aromatic N) is 1. The van der Waals surface area contributed by atoms with Gasteiger partial charge >= 0.3 is 0 Å². The summed E-state index contributed by atoms with van der Waals surface area (Å²) in [6.45, 7) is 3.56. The molecule has 1 fully saturated rings. The van der Waals surface area contributed by atoms with E-state index in [-0.39, 0.29) is 41.1 Å². The molecule has 1 aromatic heterocycles. The highest BCUT2D eigenvalue weighted by Gasteiger charge is 2.28. The van der Waals surface area contributed by atoms with Gasteiger partial charge < -0.3 is 10.4 Å². The zero-order chi connectivity index (χ0) is 14.8. The molecule has 1 aliphatic heterocycles. The van der Waals surface area contributed by atoms with E-state index in [0.717, 1.165) is 31.1 Å². The van der Waals surface area contributed by atoms with Crippen LogP contribution in [0, 0.1) is 5.82 Å². The van der Waals surface area contributed by atoms with Gasteiger partial charge in [0.2, 0.25) is 0 Å². The normalized spacial score (nSPS) is 16.3. The molecule has 1 atom stereocenters. The van der Waals surface area contributed by atoms with Gasteiger partial charge in [0, 0.05) is 36.6 Å². The molecule has 0 radical (unpaired) electrons. The molecule has 0 bridgehead atoms. The van der Waals surface area contributed by atoms with Crippen molar-refractivity contribution in [2.45, 2.75) is 6.04 Å². The van der Waals surface area contributed by atoms with E-state index in [0.29, 0.717) is 5.56 Å². The van der Waals surface area contributed by atoms with Gasteiger partial charge in [0.1, 0.15) is 0 Å². The molecule has 23 heavy (non-hydrogen) atoms. The molecular formula is C15H18BrCl2FN2OS. The molecule has 2 heterocycles. The second-order valence-corrected chi connectivity index (χ2v) is 6.84. The Bertz CT molecular complexity index is 624. The van der Waals surface area contributed by atoms with Crippen molar-refractivity contribution in [2.75, 3.05) is 26.2 Å². The summed E-state index contributed by atoms with van der Waals surface area (Å²) in [5.74, 6) is -0.856. The van der Waals surface area contributed by atoms with Crippen molar-refractivity contribution < 1.29 is 9.50 Å². The molecule has 2 N–H and O–H groups in total. The first-order chi connectivity index (χ1) is 10.2. The summed E-state index contributed by atoms with van der Waals surface area (Å²) in [4.78, 5) is 3.40. The largest absolute Gasteiger partial charge is 0.505 e. The number of aromatic hydroxyl groups is 1. The molecule has 1 saturated heterocycles. The predicted octanol–water partition coefficient (Wildman–Crippen LogP) is 4.19. The molecule has 0 amide bonds. The van der Waals surface area contributed by atoms with Crippen molar-refractivity contribution in [3.63, 3.8) is 0 Å². The van der Waals surface area contributed by atoms with Crippen LogP contribution in [0.15, 0.2) is 34.1 Å². The molecule has 2 aromatic rings. The van der Waals surface area contributed by atoms with Gasteiger partial charge in [-0.2, -0.15) is 0 Å². The topological polar surface area (TPSA) is 35.5 Å². The number of hydrogen-bond donors (Lipinski definition) is 2. The average Bonchev–Trinajstić information content (AvgIpc) is 3.03. The molecule has 1 aliphatic rings. The highest BCUT2D eigenvalue weighted by molar-refractivity contribution is 9.10. The zero-order valence-corrected chi connectivity index (χ0v) is 16.2. The third kappa shape index (κ3) is 4.38. The van der Waals surface area contributed by atoms with Crippen molar-refractivity contribution in [2.24, 2.45) is 0 Å². The van der Waals surface area contributed by atoms with Crippen LogP contribution in [0.5, 0.6) is 5.75 Å². The number of hydrogen-bond acceptors (Lipinski definition) is 4. The summed E-state index contributed by atoms with van der Waals surface area (Å²) in [5, 5.41) is 15.6. The van der Waals surface area contributed by atoms with Gasteiger partial charge in [0.15, 0.2) is 11.6 Å². The lowest BCUT2D eigenvalue weighted by Crippen LogP contribution is -2.45. The van der Waals surface area contributed by atoms with E-state index in [1.165, 1.54) is 0 Å². The van der Waals surface area contributed by atoms with E-state index in [2.05, 4.69) is 26.1 Å². The number of benzene rings is 1. The minimum atomic E-state index is -0.593. The number of piperazine rings is 1. The summed E-state index contributed by atoms with van der Waals surface area (Å²) in [7, 11) is 0. The van der Waals surface area contributed by atoms with Crippen molar-refractivity contribution in [3.8, 4) is 5.75 Å². The second kappa shape index (κ2) is 9.20. The Morgan fingerprint density at radius 2 is 1.91 bits per heavy atom.